The largest absolute Gasteiger partial charge is 0.494 e. The van der Waals surface area contributed by atoms with Crippen LogP contribution >= 0.6 is 24.0 Å². The number of guanidine groups is 1. The highest BCUT2D eigenvalue weighted by Crippen LogP contribution is 2.21. The van der Waals surface area contributed by atoms with E-state index in [4.69, 9.17) is 14.5 Å². The van der Waals surface area contributed by atoms with E-state index < -0.39 is 0 Å². The van der Waals surface area contributed by atoms with Gasteiger partial charge in [-0.15, -0.1) is 34.2 Å². The third-order valence-corrected chi connectivity index (χ3v) is 5.64. The molecule has 1 aliphatic rings. The third-order valence-electron chi connectivity index (χ3n) is 5.64. The summed E-state index contributed by atoms with van der Waals surface area (Å²) >= 11 is 0. The second-order valence-corrected chi connectivity index (χ2v) is 7.88. The van der Waals surface area contributed by atoms with Crippen molar-refractivity contribution >= 4 is 29.9 Å². The summed E-state index contributed by atoms with van der Waals surface area (Å²) in [6.45, 7) is 9.59. The number of hydrogen-bond donors (Lipinski definition) is 2. The fourth-order valence-electron chi connectivity index (χ4n) is 3.47. The van der Waals surface area contributed by atoms with E-state index in [1.165, 1.54) is 13.2 Å². The van der Waals surface area contributed by atoms with Gasteiger partial charge in [0.2, 0.25) is 0 Å². The Morgan fingerprint density at radius 2 is 2.06 bits per heavy atom. The number of rotatable bonds is 9. The van der Waals surface area contributed by atoms with Crippen LogP contribution < -0.4 is 15.4 Å². The topological polar surface area (TPSA) is 88.8 Å². The van der Waals surface area contributed by atoms with Gasteiger partial charge in [-0.3, -0.25) is 4.90 Å². The summed E-state index contributed by atoms with van der Waals surface area (Å²) in [6.07, 6.45) is 0.981. The van der Waals surface area contributed by atoms with E-state index in [1.54, 1.807) is 6.07 Å². The van der Waals surface area contributed by atoms with Crippen LogP contribution in [0.3, 0.4) is 0 Å². The summed E-state index contributed by atoms with van der Waals surface area (Å²) in [6, 6.07) is 4.82. The normalized spacial score (nSPS) is 15.6. The monoisotopic (exact) mass is 575 g/mol. The van der Waals surface area contributed by atoms with Crippen molar-refractivity contribution in [2.75, 3.05) is 46.5 Å². The molecule has 2 N–H and O–H groups in total. The fourth-order valence-corrected chi connectivity index (χ4v) is 3.47. The van der Waals surface area contributed by atoms with Crippen LogP contribution in [-0.2, 0) is 18.3 Å². The Hall–Kier alpha value is -1.99. The number of ether oxygens (including phenoxy) is 2. The highest BCUT2D eigenvalue weighted by molar-refractivity contribution is 14.0. The summed E-state index contributed by atoms with van der Waals surface area (Å²) in [5.74, 6) is 2.11. The number of nitrogens with one attached hydrogen (secondary N) is 2. The van der Waals surface area contributed by atoms with Crippen LogP contribution in [0.15, 0.2) is 23.2 Å². The number of halogens is 2. The molecular weight excluding hydrogens is 540 g/mol. The first-order chi connectivity index (χ1) is 15.5. The molecule has 1 unspecified atom stereocenters. The lowest BCUT2D eigenvalue weighted by Gasteiger charge is -2.26. The van der Waals surface area contributed by atoms with Gasteiger partial charge >= 0.3 is 0 Å². The molecule has 0 amide bonds. The highest BCUT2D eigenvalue weighted by atomic mass is 127. The van der Waals surface area contributed by atoms with Crippen LogP contribution in [0.1, 0.15) is 36.6 Å². The lowest BCUT2D eigenvalue weighted by atomic mass is 10.1. The minimum absolute atomic E-state index is 0. The van der Waals surface area contributed by atoms with E-state index in [2.05, 4.69) is 25.7 Å². The average Bonchev–Trinajstić information content (AvgIpc) is 3.12. The van der Waals surface area contributed by atoms with Gasteiger partial charge in [0.05, 0.1) is 26.4 Å². The van der Waals surface area contributed by atoms with Crippen molar-refractivity contribution in [2.24, 2.45) is 12.0 Å². The molecule has 1 aliphatic heterocycles. The molecule has 184 valence electrons. The van der Waals surface area contributed by atoms with E-state index in [-0.39, 0.29) is 41.6 Å². The molecule has 0 spiro atoms. The molecule has 2 heterocycles. The fraction of sp³-hybridized carbons (Fsp3) is 0.591. The number of hydrogen-bond acceptors (Lipinski definition) is 6. The first-order valence-corrected chi connectivity index (χ1v) is 11.0. The molecule has 33 heavy (non-hydrogen) atoms. The Labute approximate surface area is 212 Å². The van der Waals surface area contributed by atoms with Gasteiger partial charge < -0.3 is 24.7 Å². The van der Waals surface area contributed by atoms with E-state index in [0.717, 1.165) is 63.0 Å². The molecule has 1 fully saturated rings. The van der Waals surface area contributed by atoms with Gasteiger partial charge in [0.1, 0.15) is 12.4 Å². The minimum Gasteiger partial charge on any atom is -0.494 e. The number of aromatic nitrogens is 3. The Balaban J connectivity index is 0.00000385. The zero-order valence-electron chi connectivity index (χ0n) is 19.8. The molecule has 1 aromatic carbocycles. The molecular formula is C22H35FIN7O2. The lowest BCUT2D eigenvalue weighted by molar-refractivity contribution is 0.0376. The Kier molecular flexibility index (Phi) is 11.3. The second-order valence-electron chi connectivity index (χ2n) is 7.88. The maximum absolute atomic E-state index is 14.2. The molecule has 0 aliphatic carbocycles. The molecule has 9 nitrogen and oxygen atoms in total. The van der Waals surface area contributed by atoms with Gasteiger partial charge in [-0.05, 0) is 44.5 Å². The summed E-state index contributed by atoms with van der Waals surface area (Å²) in [7, 11) is 3.38. The first-order valence-electron chi connectivity index (χ1n) is 11.0. The van der Waals surface area contributed by atoms with Crippen LogP contribution in [0.4, 0.5) is 4.39 Å². The molecule has 1 atom stereocenters. The van der Waals surface area contributed by atoms with Crippen LogP contribution in [0, 0.1) is 12.7 Å². The first kappa shape index (κ1) is 27.3. The number of morpholine rings is 1. The Bertz CT molecular complexity index is 903. The van der Waals surface area contributed by atoms with Gasteiger partial charge in [0, 0.05) is 26.7 Å². The van der Waals surface area contributed by atoms with Crippen molar-refractivity contribution < 1.29 is 13.9 Å². The van der Waals surface area contributed by atoms with E-state index in [1.807, 2.05) is 31.5 Å². The van der Waals surface area contributed by atoms with Gasteiger partial charge in [-0.25, -0.2) is 9.38 Å². The Morgan fingerprint density at radius 3 is 2.70 bits per heavy atom. The van der Waals surface area contributed by atoms with Gasteiger partial charge in [-0.1, -0.05) is 6.07 Å². The van der Waals surface area contributed by atoms with E-state index >= 15 is 0 Å². The van der Waals surface area contributed by atoms with Crippen LogP contribution in [-0.4, -0.2) is 72.1 Å². The molecule has 0 saturated carbocycles. The molecule has 1 aromatic heterocycles. The number of nitrogens with zero attached hydrogens (tertiary/aromatic N) is 5. The van der Waals surface area contributed by atoms with Gasteiger partial charge in [-0.2, -0.15) is 0 Å². The maximum Gasteiger partial charge on any atom is 0.192 e. The molecule has 3 rings (SSSR count). The highest BCUT2D eigenvalue weighted by Gasteiger charge is 2.13. The van der Waals surface area contributed by atoms with Crippen molar-refractivity contribution in [3.05, 3.63) is 41.2 Å². The SMILES string of the molecule is COc1ccc(C(C)NC(=NCc2nnc(C)n2C)NCCCN2CCOCC2)cc1F.I. The van der Waals surface area contributed by atoms with Crippen LogP contribution in [0.25, 0.3) is 0 Å². The standard InChI is InChI=1S/C22H34FN7O2.HI/c1-16(18-6-7-20(31-4)19(23)14-18)26-22(25-15-21-28-27-17(2)29(21)3)24-8-5-9-30-10-12-32-13-11-30;/h6-7,14,16H,5,8-13,15H2,1-4H3,(H2,24,25,26);1H. The molecule has 0 bridgehead atoms. The van der Waals surface area contributed by atoms with E-state index in [0.29, 0.717) is 12.5 Å². The van der Waals surface area contributed by atoms with Crippen molar-refractivity contribution in [3.63, 3.8) is 0 Å². The third kappa shape index (κ3) is 8.07. The molecule has 2 aromatic rings. The Morgan fingerprint density at radius 1 is 1.30 bits per heavy atom. The predicted octanol–water partition coefficient (Wildman–Crippen LogP) is 2.41. The molecule has 11 heteroatoms. The van der Waals surface area contributed by atoms with Crippen molar-refractivity contribution in [1.29, 1.82) is 0 Å². The van der Waals surface area contributed by atoms with Crippen molar-refractivity contribution in [1.82, 2.24) is 30.3 Å². The summed E-state index contributed by atoms with van der Waals surface area (Å²) in [4.78, 5) is 7.10. The van der Waals surface area contributed by atoms with Gasteiger partial charge in [0.25, 0.3) is 0 Å². The van der Waals surface area contributed by atoms with Crippen LogP contribution in [0.2, 0.25) is 0 Å². The lowest BCUT2D eigenvalue weighted by Crippen LogP contribution is -2.41. The number of benzene rings is 1. The zero-order chi connectivity index (χ0) is 22.9. The van der Waals surface area contributed by atoms with E-state index in [9.17, 15) is 4.39 Å². The molecule has 0 radical (unpaired) electrons. The zero-order valence-corrected chi connectivity index (χ0v) is 22.1. The summed E-state index contributed by atoms with van der Waals surface area (Å²) < 4.78 is 26.5. The summed E-state index contributed by atoms with van der Waals surface area (Å²) in [5, 5.41) is 15.0. The van der Waals surface area contributed by atoms with Crippen molar-refractivity contribution in [2.45, 2.75) is 32.9 Å². The summed E-state index contributed by atoms with van der Waals surface area (Å²) in [5.41, 5.74) is 0.806. The van der Waals surface area contributed by atoms with Gasteiger partial charge in [0.15, 0.2) is 23.4 Å². The maximum atomic E-state index is 14.2. The number of aliphatic imine (C=N–C) groups is 1. The number of methoxy groups -OCH3 is 1. The quantitative estimate of drug-likeness (QED) is 0.206. The van der Waals surface area contributed by atoms with Crippen molar-refractivity contribution in [3.8, 4) is 5.75 Å². The second kappa shape index (κ2) is 13.7. The smallest absolute Gasteiger partial charge is 0.192 e. The van der Waals surface area contributed by atoms with Crippen LogP contribution in [0.5, 0.6) is 5.75 Å². The molecule has 1 saturated heterocycles. The minimum atomic E-state index is -0.384. The average molecular weight is 575 g/mol. The predicted molar refractivity (Wildman–Crippen MR) is 137 cm³/mol. The number of aryl methyl sites for hydroxylation is 1.